The van der Waals surface area contributed by atoms with Gasteiger partial charge in [0, 0.05) is 9.90 Å². The van der Waals surface area contributed by atoms with Crippen molar-refractivity contribution in [3.05, 3.63) is 42.7 Å². The number of halogens is 2. The van der Waals surface area contributed by atoms with Crippen LogP contribution in [0.3, 0.4) is 0 Å². The zero-order valence-corrected chi connectivity index (χ0v) is 19.1. The molecular formula is C20H22BrClN2O3S. The van der Waals surface area contributed by atoms with Crippen molar-refractivity contribution >= 4 is 55.7 Å². The van der Waals surface area contributed by atoms with Crippen LogP contribution in [0.2, 0.25) is 5.02 Å². The highest BCUT2D eigenvalue weighted by atomic mass is 79.9. The predicted octanol–water partition coefficient (Wildman–Crippen LogP) is 5.02. The maximum absolute atomic E-state index is 12.5. The summed E-state index contributed by atoms with van der Waals surface area (Å²) in [5.41, 5.74) is 8.75. The van der Waals surface area contributed by atoms with Gasteiger partial charge in [-0.1, -0.05) is 18.5 Å². The first kappa shape index (κ1) is 21.1. The van der Waals surface area contributed by atoms with Crippen molar-refractivity contribution in [3.8, 4) is 5.75 Å². The molecule has 0 saturated heterocycles. The van der Waals surface area contributed by atoms with Gasteiger partial charge in [0.05, 0.1) is 10.0 Å². The summed E-state index contributed by atoms with van der Waals surface area (Å²) in [6, 6.07) is 1.78. The zero-order valence-electron chi connectivity index (χ0n) is 15.9. The molecule has 0 bridgehead atoms. The lowest BCUT2D eigenvalue weighted by Gasteiger charge is -2.18. The van der Waals surface area contributed by atoms with Gasteiger partial charge in [-0.2, -0.15) is 0 Å². The standard InChI is InChI=1S/C20H22BrClN2O3S/c1-9-4-5-12-14(6-9)28-20(16(12)19(23)26)24-15(25)8-27-13-7-10(2)18(22)11(3)17(13)21/h7,9H,4-6,8H2,1-3H3,(H2,23,26)(H,24,25). The SMILES string of the molecule is Cc1cc(OCC(=O)Nc2sc3c(c2C(N)=O)CCC(C)C3)c(Br)c(C)c1Cl. The van der Waals surface area contributed by atoms with E-state index in [4.69, 9.17) is 22.1 Å². The van der Waals surface area contributed by atoms with Crippen LogP contribution in [0.5, 0.6) is 5.75 Å². The Hall–Kier alpha value is -1.57. The normalized spacial score (nSPS) is 15.8. The van der Waals surface area contributed by atoms with Gasteiger partial charge in [0.2, 0.25) is 0 Å². The number of rotatable bonds is 5. The average Bonchev–Trinajstić information content (AvgIpc) is 2.98. The molecule has 0 radical (unpaired) electrons. The first-order chi connectivity index (χ1) is 13.2. The number of primary amides is 1. The van der Waals surface area contributed by atoms with Crippen molar-refractivity contribution in [2.75, 3.05) is 11.9 Å². The molecule has 8 heteroatoms. The molecule has 5 nitrogen and oxygen atoms in total. The van der Waals surface area contributed by atoms with Gasteiger partial charge in [-0.15, -0.1) is 11.3 Å². The number of hydrogen-bond donors (Lipinski definition) is 2. The van der Waals surface area contributed by atoms with Gasteiger partial charge in [0.1, 0.15) is 10.8 Å². The Balaban J connectivity index is 1.75. The van der Waals surface area contributed by atoms with Crippen LogP contribution in [0.15, 0.2) is 10.5 Å². The minimum absolute atomic E-state index is 0.184. The van der Waals surface area contributed by atoms with Gasteiger partial charge in [0.15, 0.2) is 6.61 Å². The Kier molecular flexibility index (Phi) is 6.37. The summed E-state index contributed by atoms with van der Waals surface area (Å²) >= 11 is 11.1. The smallest absolute Gasteiger partial charge is 0.262 e. The fourth-order valence-corrected chi connectivity index (χ4v) is 5.53. The second kappa shape index (κ2) is 8.43. The number of fused-ring (bicyclic) bond motifs is 1. The maximum Gasteiger partial charge on any atom is 0.262 e. The Bertz CT molecular complexity index is 958. The van der Waals surface area contributed by atoms with Gasteiger partial charge in [0.25, 0.3) is 11.8 Å². The van der Waals surface area contributed by atoms with E-state index < -0.39 is 5.91 Å². The molecule has 0 saturated carbocycles. The number of aryl methyl sites for hydroxylation is 1. The molecule has 2 aromatic rings. The van der Waals surface area contributed by atoms with E-state index in [1.54, 1.807) is 6.07 Å². The monoisotopic (exact) mass is 484 g/mol. The van der Waals surface area contributed by atoms with Crippen molar-refractivity contribution in [1.82, 2.24) is 0 Å². The van der Waals surface area contributed by atoms with Gasteiger partial charge in [-0.3, -0.25) is 9.59 Å². The van der Waals surface area contributed by atoms with E-state index in [1.807, 2.05) is 13.8 Å². The minimum Gasteiger partial charge on any atom is -0.483 e. The summed E-state index contributed by atoms with van der Waals surface area (Å²) in [6.45, 7) is 5.76. The third-order valence-corrected chi connectivity index (χ3v) is 7.68. The number of nitrogens with two attached hydrogens (primary N) is 1. The van der Waals surface area contributed by atoms with Crippen molar-refractivity contribution in [3.63, 3.8) is 0 Å². The Morgan fingerprint density at radius 1 is 1.43 bits per heavy atom. The Labute approximate surface area is 181 Å². The molecule has 0 spiro atoms. The van der Waals surface area contributed by atoms with Gasteiger partial charge < -0.3 is 15.8 Å². The number of thiophene rings is 1. The predicted molar refractivity (Wildman–Crippen MR) is 117 cm³/mol. The average molecular weight is 486 g/mol. The topological polar surface area (TPSA) is 81.4 Å². The van der Waals surface area contributed by atoms with Crippen molar-refractivity contribution in [1.29, 1.82) is 0 Å². The molecule has 0 aliphatic heterocycles. The van der Waals surface area contributed by atoms with Crippen LogP contribution in [-0.4, -0.2) is 18.4 Å². The molecule has 1 unspecified atom stereocenters. The van der Waals surface area contributed by atoms with E-state index in [1.165, 1.54) is 11.3 Å². The molecule has 1 aromatic carbocycles. The van der Waals surface area contributed by atoms with Crippen LogP contribution < -0.4 is 15.8 Å². The first-order valence-corrected chi connectivity index (χ1v) is 11.0. The van der Waals surface area contributed by atoms with Gasteiger partial charge in [-0.25, -0.2) is 0 Å². The molecule has 0 fully saturated rings. The first-order valence-electron chi connectivity index (χ1n) is 9.01. The molecule has 1 atom stereocenters. The quantitative estimate of drug-likeness (QED) is 0.624. The summed E-state index contributed by atoms with van der Waals surface area (Å²) in [7, 11) is 0. The number of benzene rings is 1. The summed E-state index contributed by atoms with van der Waals surface area (Å²) in [5.74, 6) is 0.262. The third kappa shape index (κ3) is 4.21. The van der Waals surface area contributed by atoms with E-state index in [2.05, 4.69) is 28.2 Å². The number of hydrogen-bond acceptors (Lipinski definition) is 4. The molecule has 28 heavy (non-hydrogen) atoms. The summed E-state index contributed by atoms with van der Waals surface area (Å²) in [6.07, 6.45) is 2.74. The van der Waals surface area contributed by atoms with Crippen LogP contribution in [0.25, 0.3) is 0 Å². The highest BCUT2D eigenvalue weighted by Crippen LogP contribution is 2.39. The van der Waals surface area contributed by atoms with Crippen LogP contribution in [-0.2, 0) is 17.6 Å². The molecule has 1 aliphatic carbocycles. The highest BCUT2D eigenvalue weighted by molar-refractivity contribution is 9.10. The lowest BCUT2D eigenvalue weighted by Crippen LogP contribution is -2.23. The van der Waals surface area contributed by atoms with E-state index >= 15 is 0 Å². The van der Waals surface area contributed by atoms with E-state index in [0.29, 0.717) is 31.7 Å². The molecule has 3 N–H and O–H groups in total. The van der Waals surface area contributed by atoms with Crippen LogP contribution >= 0.6 is 38.9 Å². The van der Waals surface area contributed by atoms with Crippen LogP contribution in [0.4, 0.5) is 5.00 Å². The van der Waals surface area contributed by atoms with E-state index in [-0.39, 0.29) is 12.5 Å². The van der Waals surface area contributed by atoms with Crippen molar-refractivity contribution in [2.24, 2.45) is 11.7 Å². The Morgan fingerprint density at radius 3 is 2.82 bits per heavy atom. The maximum atomic E-state index is 12.5. The summed E-state index contributed by atoms with van der Waals surface area (Å²) in [4.78, 5) is 25.6. The second-order valence-electron chi connectivity index (χ2n) is 7.20. The molecule has 1 aliphatic rings. The van der Waals surface area contributed by atoms with Crippen LogP contribution in [0.1, 0.15) is 45.3 Å². The molecule has 3 rings (SSSR count). The number of carbonyl (C=O) groups excluding carboxylic acids is 2. The number of nitrogens with one attached hydrogen (secondary N) is 1. The van der Waals surface area contributed by atoms with Crippen LogP contribution in [0, 0.1) is 19.8 Å². The molecule has 1 aromatic heterocycles. The van der Waals surface area contributed by atoms with Crippen molar-refractivity contribution in [2.45, 2.75) is 40.0 Å². The lowest BCUT2D eigenvalue weighted by atomic mass is 9.88. The molecule has 150 valence electrons. The number of ether oxygens (including phenoxy) is 1. The lowest BCUT2D eigenvalue weighted by molar-refractivity contribution is -0.118. The van der Waals surface area contributed by atoms with E-state index in [9.17, 15) is 9.59 Å². The molecule has 1 heterocycles. The molecule has 2 amide bonds. The second-order valence-corrected chi connectivity index (χ2v) is 9.48. The molecular weight excluding hydrogens is 464 g/mol. The fraction of sp³-hybridized carbons (Fsp3) is 0.400. The Morgan fingerprint density at radius 2 is 2.14 bits per heavy atom. The highest BCUT2D eigenvalue weighted by Gasteiger charge is 2.27. The fourth-order valence-electron chi connectivity index (χ4n) is 3.41. The third-order valence-electron chi connectivity index (χ3n) is 4.94. The summed E-state index contributed by atoms with van der Waals surface area (Å²) in [5, 5.41) is 3.98. The largest absolute Gasteiger partial charge is 0.483 e. The van der Waals surface area contributed by atoms with E-state index in [0.717, 1.165) is 40.8 Å². The van der Waals surface area contributed by atoms with Crippen molar-refractivity contribution < 1.29 is 14.3 Å². The minimum atomic E-state index is -0.505. The number of amides is 2. The van der Waals surface area contributed by atoms with Gasteiger partial charge in [-0.05, 0) is 77.7 Å². The number of carbonyl (C=O) groups is 2. The van der Waals surface area contributed by atoms with Gasteiger partial charge >= 0.3 is 0 Å². The zero-order chi connectivity index (χ0) is 20.6. The summed E-state index contributed by atoms with van der Waals surface area (Å²) < 4.78 is 6.39. The number of anilines is 1.